The van der Waals surface area contributed by atoms with E-state index in [1.807, 2.05) is 5.51 Å². The molecule has 0 radical (unpaired) electrons. The Bertz CT molecular complexity index is 263. The second-order valence-corrected chi connectivity index (χ2v) is 3.70. The summed E-state index contributed by atoms with van der Waals surface area (Å²) in [7, 11) is 2.05. The molecule has 70 valence electrons. The number of nitrogens with zero attached hydrogens (tertiary/aromatic N) is 3. The molecule has 0 saturated carbocycles. The van der Waals surface area contributed by atoms with Gasteiger partial charge in [0.25, 0.3) is 0 Å². The third-order valence-corrected chi connectivity index (χ3v) is 2.38. The van der Waals surface area contributed by atoms with Gasteiger partial charge in [-0.3, -0.25) is 0 Å². The van der Waals surface area contributed by atoms with Crippen molar-refractivity contribution in [2.45, 2.75) is 19.4 Å². The van der Waals surface area contributed by atoms with Crippen molar-refractivity contribution >= 4 is 11.3 Å². The van der Waals surface area contributed by atoms with E-state index in [2.05, 4.69) is 28.4 Å². The highest BCUT2D eigenvalue weighted by molar-refractivity contribution is 7.07. The van der Waals surface area contributed by atoms with E-state index < -0.39 is 0 Å². The molecule has 0 fully saturated rings. The smallest absolute Gasteiger partial charge is 0.0795 e. The topological polar surface area (TPSA) is 39.9 Å². The van der Waals surface area contributed by atoms with Crippen LogP contribution < -0.4 is 0 Å². The molecular formula is C9H13N3S. The summed E-state index contributed by atoms with van der Waals surface area (Å²) in [5.41, 5.74) is 2.96. The molecule has 1 aromatic heterocycles. The summed E-state index contributed by atoms with van der Waals surface area (Å²) in [6, 6.07) is 2.14. The van der Waals surface area contributed by atoms with Crippen LogP contribution in [0.15, 0.2) is 10.9 Å². The number of unbranched alkanes of at least 4 members (excludes halogenated alkanes) is 1. The molecule has 0 amide bonds. The van der Waals surface area contributed by atoms with Crippen LogP contribution in [0.3, 0.4) is 0 Å². The summed E-state index contributed by atoms with van der Waals surface area (Å²) in [5, 5.41) is 10.4. The van der Waals surface area contributed by atoms with Crippen LogP contribution in [0, 0.1) is 11.3 Å². The van der Waals surface area contributed by atoms with Crippen molar-refractivity contribution in [3.63, 3.8) is 0 Å². The second-order valence-electron chi connectivity index (χ2n) is 2.98. The molecule has 0 aliphatic carbocycles. The van der Waals surface area contributed by atoms with Crippen LogP contribution >= 0.6 is 11.3 Å². The zero-order valence-corrected chi connectivity index (χ0v) is 8.55. The lowest BCUT2D eigenvalue weighted by molar-refractivity contribution is 0.320. The van der Waals surface area contributed by atoms with E-state index in [1.165, 1.54) is 0 Å². The molecule has 0 aromatic carbocycles. The third kappa shape index (κ3) is 4.02. The maximum Gasteiger partial charge on any atom is 0.0795 e. The van der Waals surface area contributed by atoms with Gasteiger partial charge in [-0.1, -0.05) is 0 Å². The molecule has 0 saturated heterocycles. The number of hydrogen-bond donors (Lipinski definition) is 0. The SMILES string of the molecule is CN(CCCC#N)Cc1cscn1. The number of aromatic nitrogens is 1. The van der Waals surface area contributed by atoms with Crippen LogP contribution in [-0.2, 0) is 6.54 Å². The van der Waals surface area contributed by atoms with Gasteiger partial charge >= 0.3 is 0 Å². The molecule has 0 spiro atoms. The monoisotopic (exact) mass is 195 g/mol. The van der Waals surface area contributed by atoms with Crippen LogP contribution in [0.5, 0.6) is 0 Å². The van der Waals surface area contributed by atoms with Gasteiger partial charge in [0.1, 0.15) is 0 Å². The molecule has 0 unspecified atom stereocenters. The van der Waals surface area contributed by atoms with Crippen molar-refractivity contribution in [2.24, 2.45) is 0 Å². The van der Waals surface area contributed by atoms with E-state index in [-0.39, 0.29) is 0 Å². The molecule has 1 aromatic rings. The molecule has 3 nitrogen and oxygen atoms in total. The minimum absolute atomic E-state index is 0.640. The Labute approximate surface area is 82.6 Å². The molecule has 13 heavy (non-hydrogen) atoms. The Morgan fingerprint density at radius 1 is 1.69 bits per heavy atom. The van der Waals surface area contributed by atoms with E-state index in [0.717, 1.165) is 25.2 Å². The van der Waals surface area contributed by atoms with Crippen LogP contribution in [-0.4, -0.2) is 23.5 Å². The number of thiazole rings is 1. The second kappa shape index (κ2) is 5.68. The minimum Gasteiger partial charge on any atom is -0.300 e. The van der Waals surface area contributed by atoms with E-state index in [4.69, 9.17) is 5.26 Å². The first-order chi connectivity index (χ1) is 6.33. The highest BCUT2D eigenvalue weighted by Gasteiger charge is 2.00. The van der Waals surface area contributed by atoms with Gasteiger partial charge in [0.15, 0.2) is 0 Å². The summed E-state index contributed by atoms with van der Waals surface area (Å²) < 4.78 is 0. The zero-order valence-electron chi connectivity index (χ0n) is 7.73. The fourth-order valence-electron chi connectivity index (χ4n) is 1.10. The highest BCUT2D eigenvalue weighted by atomic mass is 32.1. The quantitative estimate of drug-likeness (QED) is 0.673. The molecule has 1 rings (SSSR count). The van der Waals surface area contributed by atoms with Gasteiger partial charge in [0.2, 0.25) is 0 Å². The van der Waals surface area contributed by atoms with E-state index in [0.29, 0.717) is 6.42 Å². The molecule has 0 atom stereocenters. The lowest BCUT2D eigenvalue weighted by Crippen LogP contribution is -2.19. The van der Waals surface area contributed by atoms with Crippen LogP contribution in [0.1, 0.15) is 18.5 Å². The maximum atomic E-state index is 8.36. The molecule has 0 N–H and O–H groups in total. The first-order valence-corrected chi connectivity index (χ1v) is 5.20. The van der Waals surface area contributed by atoms with E-state index >= 15 is 0 Å². The molecular weight excluding hydrogens is 182 g/mol. The summed E-state index contributed by atoms with van der Waals surface area (Å²) >= 11 is 1.62. The Balaban J connectivity index is 2.19. The minimum atomic E-state index is 0.640. The molecule has 0 aliphatic heterocycles. The fraction of sp³-hybridized carbons (Fsp3) is 0.556. The van der Waals surface area contributed by atoms with Gasteiger partial charge in [0, 0.05) is 18.3 Å². The van der Waals surface area contributed by atoms with Crippen molar-refractivity contribution in [1.82, 2.24) is 9.88 Å². The predicted molar refractivity (Wildman–Crippen MR) is 53.3 cm³/mol. The lowest BCUT2D eigenvalue weighted by Gasteiger charge is -2.13. The number of rotatable bonds is 5. The molecule has 0 bridgehead atoms. The van der Waals surface area contributed by atoms with Crippen molar-refractivity contribution in [1.29, 1.82) is 5.26 Å². The number of nitriles is 1. The molecule has 0 aliphatic rings. The van der Waals surface area contributed by atoms with Crippen molar-refractivity contribution in [2.75, 3.05) is 13.6 Å². The van der Waals surface area contributed by atoms with Gasteiger partial charge in [0.05, 0.1) is 17.3 Å². The predicted octanol–water partition coefficient (Wildman–Crippen LogP) is 1.88. The van der Waals surface area contributed by atoms with Gasteiger partial charge in [-0.05, 0) is 20.0 Å². The number of hydrogen-bond acceptors (Lipinski definition) is 4. The van der Waals surface area contributed by atoms with Gasteiger partial charge < -0.3 is 4.90 Å². The molecule has 1 heterocycles. The Morgan fingerprint density at radius 2 is 2.54 bits per heavy atom. The van der Waals surface area contributed by atoms with Crippen molar-refractivity contribution in [3.8, 4) is 6.07 Å². The van der Waals surface area contributed by atoms with Crippen LogP contribution in [0.2, 0.25) is 0 Å². The van der Waals surface area contributed by atoms with Crippen molar-refractivity contribution in [3.05, 3.63) is 16.6 Å². The fourth-order valence-corrected chi connectivity index (χ4v) is 1.65. The normalized spacial score (nSPS) is 10.2. The Kier molecular flexibility index (Phi) is 4.44. The molecule has 4 heteroatoms. The zero-order chi connectivity index (χ0) is 9.52. The first kappa shape index (κ1) is 10.2. The van der Waals surface area contributed by atoms with Gasteiger partial charge in [-0.25, -0.2) is 4.98 Å². The largest absolute Gasteiger partial charge is 0.300 e. The summed E-state index contributed by atoms with van der Waals surface area (Å²) in [6.07, 6.45) is 1.58. The Morgan fingerprint density at radius 3 is 3.15 bits per heavy atom. The average molecular weight is 195 g/mol. The first-order valence-electron chi connectivity index (χ1n) is 4.25. The highest BCUT2D eigenvalue weighted by Crippen LogP contribution is 2.04. The van der Waals surface area contributed by atoms with Gasteiger partial charge in [-0.2, -0.15) is 5.26 Å². The van der Waals surface area contributed by atoms with Crippen LogP contribution in [0.4, 0.5) is 0 Å². The van der Waals surface area contributed by atoms with Crippen molar-refractivity contribution < 1.29 is 0 Å². The Hall–Kier alpha value is -0.920. The lowest BCUT2D eigenvalue weighted by atomic mass is 10.3. The standard InChI is InChI=1S/C9H13N3S/c1-12(5-3-2-4-10)6-9-7-13-8-11-9/h7-8H,2-3,5-6H2,1H3. The van der Waals surface area contributed by atoms with E-state index in [9.17, 15) is 0 Å². The van der Waals surface area contributed by atoms with Gasteiger partial charge in [-0.15, -0.1) is 11.3 Å². The summed E-state index contributed by atoms with van der Waals surface area (Å²) in [6.45, 7) is 1.85. The third-order valence-electron chi connectivity index (χ3n) is 1.74. The summed E-state index contributed by atoms with van der Waals surface area (Å²) in [5.74, 6) is 0. The maximum absolute atomic E-state index is 8.36. The summed E-state index contributed by atoms with van der Waals surface area (Å²) in [4.78, 5) is 6.38. The van der Waals surface area contributed by atoms with Crippen LogP contribution in [0.25, 0.3) is 0 Å². The average Bonchev–Trinajstić information content (AvgIpc) is 2.57. The van der Waals surface area contributed by atoms with E-state index in [1.54, 1.807) is 11.3 Å².